The van der Waals surface area contributed by atoms with Crippen molar-refractivity contribution >= 4 is 27.8 Å². The van der Waals surface area contributed by atoms with E-state index in [1.54, 1.807) is 20.8 Å². The first-order valence-corrected chi connectivity index (χ1v) is 7.00. The third-order valence-corrected chi connectivity index (χ3v) is 2.61. The second-order valence-electron chi connectivity index (χ2n) is 4.94. The van der Waals surface area contributed by atoms with Crippen LogP contribution in [0.15, 0.2) is 0 Å². The molecule has 0 fully saturated rings. The van der Waals surface area contributed by atoms with Gasteiger partial charge in [0, 0.05) is 0 Å². The summed E-state index contributed by atoms with van der Waals surface area (Å²) in [5, 5.41) is 2.87. The van der Waals surface area contributed by atoms with Crippen LogP contribution in [0.1, 0.15) is 47.0 Å². The van der Waals surface area contributed by atoms with Gasteiger partial charge in [-0.1, -0.05) is 35.7 Å². The molecule has 0 radical (unpaired) electrons. The van der Waals surface area contributed by atoms with Crippen LogP contribution in [0.3, 0.4) is 0 Å². The first-order valence-electron chi connectivity index (χ1n) is 5.88. The van der Waals surface area contributed by atoms with Crippen molar-refractivity contribution in [2.24, 2.45) is 0 Å². The number of carbonyl (C=O) groups is 2. The van der Waals surface area contributed by atoms with Crippen molar-refractivity contribution in [2.45, 2.75) is 58.6 Å². The molecule has 1 unspecified atom stereocenters. The second kappa shape index (κ2) is 7.69. The molecule has 0 aromatic carbocycles. The Balaban J connectivity index is 4.32. The largest absolute Gasteiger partial charge is 0.444 e. The van der Waals surface area contributed by atoms with E-state index in [2.05, 4.69) is 21.2 Å². The van der Waals surface area contributed by atoms with Crippen LogP contribution in [-0.2, 0) is 9.53 Å². The molecule has 1 amide bonds. The molecule has 0 heterocycles. The minimum Gasteiger partial charge on any atom is -0.444 e. The Morgan fingerprint density at radius 3 is 2.35 bits per heavy atom. The highest BCUT2D eigenvalue weighted by Gasteiger charge is 2.22. The number of carbonyl (C=O) groups excluding carboxylic acids is 2. The molecular weight excluding hydrogens is 286 g/mol. The van der Waals surface area contributed by atoms with Crippen LogP contribution >= 0.6 is 15.9 Å². The molecule has 0 spiro atoms. The zero-order valence-corrected chi connectivity index (χ0v) is 12.6. The van der Waals surface area contributed by atoms with Crippen molar-refractivity contribution in [3.05, 3.63) is 0 Å². The number of rotatable bonds is 6. The SMILES string of the molecule is CCCCC(NC(=O)OC(C)(C)C)C(=O)CBr. The molecule has 0 saturated carbocycles. The Labute approximate surface area is 112 Å². The number of alkyl halides is 1. The van der Waals surface area contributed by atoms with Gasteiger partial charge in [-0.2, -0.15) is 0 Å². The van der Waals surface area contributed by atoms with Gasteiger partial charge in [-0.15, -0.1) is 0 Å². The van der Waals surface area contributed by atoms with Crippen LogP contribution in [0, 0.1) is 0 Å². The second-order valence-corrected chi connectivity index (χ2v) is 5.50. The van der Waals surface area contributed by atoms with Crippen LogP contribution in [0.4, 0.5) is 4.79 Å². The molecule has 1 N–H and O–H groups in total. The fourth-order valence-electron chi connectivity index (χ4n) is 1.26. The summed E-state index contributed by atoms with van der Waals surface area (Å²) in [5.74, 6) is -0.0238. The molecule has 0 aliphatic carbocycles. The molecule has 0 aromatic rings. The van der Waals surface area contributed by atoms with Crippen molar-refractivity contribution in [1.82, 2.24) is 5.32 Å². The normalized spacial score (nSPS) is 13.0. The van der Waals surface area contributed by atoms with Gasteiger partial charge in [0.1, 0.15) is 5.60 Å². The molecule has 100 valence electrons. The summed E-state index contributed by atoms with van der Waals surface area (Å²) in [6.07, 6.45) is 2.01. The lowest BCUT2D eigenvalue weighted by molar-refractivity contribution is -0.118. The first-order chi connectivity index (χ1) is 7.80. The van der Waals surface area contributed by atoms with Crippen LogP contribution < -0.4 is 5.32 Å². The average molecular weight is 308 g/mol. The lowest BCUT2D eigenvalue weighted by Crippen LogP contribution is -2.43. The van der Waals surface area contributed by atoms with Gasteiger partial charge in [-0.3, -0.25) is 4.79 Å². The number of hydrogen-bond acceptors (Lipinski definition) is 3. The molecule has 0 bridgehead atoms. The van der Waals surface area contributed by atoms with E-state index in [-0.39, 0.29) is 11.1 Å². The summed E-state index contributed by atoms with van der Waals surface area (Å²) in [4.78, 5) is 23.2. The summed E-state index contributed by atoms with van der Waals surface area (Å²) in [5.41, 5.74) is -0.545. The minimum atomic E-state index is -0.545. The number of alkyl carbamates (subject to hydrolysis) is 1. The number of ether oxygens (including phenoxy) is 1. The molecule has 1 atom stereocenters. The topological polar surface area (TPSA) is 55.4 Å². The Kier molecular flexibility index (Phi) is 7.43. The summed E-state index contributed by atoms with van der Waals surface area (Å²) >= 11 is 3.12. The van der Waals surface area contributed by atoms with Crippen LogP contribution in [0.2, 0.25) is 0 Å². The van der Waals surface area contributed by atoms with Gasteiger partial charge in [0.15, 0.2) is 5.78 Å². The Morgan fingerprint density at radius 2 is 1.94 bits per heavy atom. The molecule has 0 saturated heterocycles. The Morgan fingerprint density at radius 1 is 1.35 bits per heavy atom. The fourth-order valence-corrected chi connectivity index (χ4v) is 1.66. The van der Waals surface area contributed by atoms with Gasteiger partial charge >= 0.3 is 6.09 Å². The molecule has 0 aromatic heterocycles. The maximum atomic E-state index is 11.6. The van der Waals surface area contributed by atoms with Gasteiger partial charge in [-0.05, 0) is 27.2 Å². The molecule has 4 nitrogen and oxygen atoms in total. The van der Waals surface area contributed by atoms with Gasteiger partial charge in [0.2, 0.25) is 0 Å². The highest BCUT2D eigenvalue weighted by Crippen LogP contribution is 2.09. The number of Topliss-reactive ketones (excluding diaryl/α,β-unsaturated/α-hetero) is 1. The van der Waals surface area contributed by atoms with E-state index in [9.17, 15) is 9.59 Å². The van der Waals surface area contributed by atoms with Crippen molar-refractivity contribution in [2.75, 3.05) is 5.33 Å². The summed E-state index contributed by atoms with van der Waals surface area (Å²) in [6, 6.07) is -0.454. The van der Waals surface area contributed by atoms with E-state index in [0.717, 1.165) is 12.8 Å². The molecule has 17 heavy (non-hydrogen) atoms. The van der Waals surface area contributed by atoms with E-state index in [0.29, 0.717) is 6.42 Å². The van der Waals surface area contributed by atoms with Crippen molar-refractivity contribution in [3.8, 4) is 0 Å². The van der Waals surface area contributed by atoms with Crippen molar-refractivity contribution in [1.29, 1.82) is 0 Å². The fraction of sp³-hybridized carbons (Fsp3) is 0.833. The molecule has 0 aliphatic heterocycles. The number of unbranched alkanes of at least 4 members (excludes halogenated alkanes) is 1. The van der Waals surface area contributed by atoms with Gasteiger partial charge in [-0.25, -0.2) is 4.79 Å². The van der Waals surface area contributed by atoms with Crippen LogP contribution in [-0.4, -0.2) is 28.8 Å². The smallest absolute Gasteiger partial charge is 0.408 e. The highest BCUT2D eigenvalue weighted by atomic mass is 79.9. The first kappa shape index (κ1) is 16.4. The lowest BCUT2D eigenvalue weighted by Gasteiger charge is -2.22. The third kappa shape index (κ3) is 8.18. The number of hydrogen-bond donors (Lipinski definition) is 1. The van der Waals surface area contributed by atoms with E-state index in [1.165, 1.54) is 0 Å². The summed E-state index contributed by atoms with van der Waals surface area (Å²) in [7, 11) is 0. The monoisotopic (exact) mass is 307 g/mol. The van der Waals surface area contributed by atoms with Crippen molar-refractivity contribution < 1.29 is 14.3 Å². The zero-order chi connectivity index (χ0) is 13.5. The van der Waals surface area contributed by atoms with Crippen LogP contribution in [0.25, 0.3) is 0 Å². The van der Waals surface area contributed by atoms with Gasteiger partial charge < -0.3 is 10.1 Å². The number of halogens is 1. The van der Waals surface area contributed by atoms with Crippen LogP contribution in [0.5, 0.6) is 0 Å². The average Bonchev–Trinajstić information content (AvgIpc) is 2.20. The number of ketones is 1. The lowest BCUT2D eigenvalue weighted by atomic mass is 10.1. The third-order valence-electron chi connectivity index (χ3n) is 2.06. The van der Waals surface area contributed by atoms with Gasteiger partial charge in [0.05, 0.1) is 11.4 Å². The standard InChI is InChI=1S/C12H22BrNO3/c1-5-6-7-9(10(15)8-13)14-11(16)17-12(2,3)4/h9H,5-8H2,1-4H3,(H,14,16). The summed E-state index contributed by atoms with van der Waals surface area (Å²) < 4.78 is 5.13. The molecule has 0 aliphatic rings. The predicted molar refractivity (Wildman–Crippen MR) is 71.5 cm³/mol. The highest BCUT2D eigenvalue weighted by molar-refractivity contribution is 9.09. The minimum absolute atomic E-state index is 0.0238. The molecule has 0 rings (SSSR count). The van der Waals surface area contributed by atoms with E-state index in [1.807, 2.05) is 6.92 Å². The Hall–Kier alpha value is -0.580. The molecular formula is C12H22BrNO3. The Bertz CT molecular complexity index is 261. The van der Waals surface area contributed by atoms with Gasteiger partial charge in [0.25, 0.3) is 0 Å². The molecule has 5 heteroatoms. The maximum Gasteiger partial charge on any atom is 0.408 e. The van der Waals surface area contributed by atoms with E-state index in [4.69, 9.17) is 4.74 Å². The van der Waals surface area contributed by atoms with Crippen molar-refractivity contribution in [3.63, 3.8) is 0 Å². The van der Waals surface area contributed by atoms with E-state index >= 15 is 0 Å². The summed E-state index contributed by atoms with van der Waals surface area (Å²) in [6.45, 7) is 7.42. The maximum absolute atomic E-state index is 11.6. The zero-order valence-electron chi connectivity index (χ0n) is 11.0. The van der Waals surface area contributed by atoms with E-state index < -0.39 is 17.7 Å². The number of nitrogens with one attached hydrogen (secondary N) is 1. The quantitative estimate of drug-likeness (QED) is 0.767. The predicted octanol–water partition coefficient (Wildman–Crippen LogP) is 3.03. The number of amides is 1.